The van der Waals surface area contributed by atoms with E-state index in [2.05, 4.69) is 10.3 Å². The van der Waals surface area contributed by atoms with Gasteiger partial charge in [-0.25, -0.2) is 4.98 Å². The second kappa shape index (κ2) is 6.45. The molecule has 0 bridgehead atoms. The quantitative estimate of drug-likeness (QED) is 0.769. The zero-order chi connectivity index (χ0) is 11.9. The molecule has 0 aromatic carbocycles. The molecular formula is C13H21N3O. The fourth-order valence-electron chi connectivity index (χ4n) is 2.18. The first-order valence-electron chi connectivity index (χ1n) is 6.41. The number of pyridine rings is 1. The molecule has 4 nitrogen and oxygen atoms in total. The molecule has 0 unspecified atom stereocenters. The third-order valence-corrected chi connectivity index (χ3v) is 3.10. The summed E-state index contributed by atoms with van der Waals surface area (Å²) in [5.41, 5.74) is 6.40. The second-order valence-electron chi connectivity index (χ2n) is 4.53. The summed E-state index contributed by atoms with van der Waals surface area (Å²) in [4.78, 5) is 4.18. The molecule has 17 heavy (non-hydrogen) atoms. The van der Waals surface area contributed by atoms with Crippen molar-refractivity contribution in [2.24, 2.45) is 0 Å². The smallest absolute Gasteiger partial charge is 0.128 e. The summed E-state index contributed by atoms with van der Waals surface area (Å²) in [7, 11) is 0. The number of hydrogen-bond acceptors (Lipinski definition) is 4. The molecule has 0 saturated heterocycles. The molecule has 1 aliphatic carbocycles. The Morgan fingerprint density at radius 3 is 2.94 bits per heavy atom. The van der Waals surface area contributed by atoms with Gasteiger partial charge in [0.2, 0.25) is 0 Å². The van der Waals surface area contributed by atoms with Crippen LogP contribution in [0.25, 0.3) is 0 Å². The van der Waals surface area contributed by atoms with Crippen molar-refractivity contribution in [2.75, 3.05) is 24.2 Å². The molecule has 0 spiro atoms. The lowest BCUT2D eigenvalue weighted by atomic mass is 9.98. The van der Waals surface area contributed by atoms with Crippen molar-refractivity contribution in [3.63, 3.8) is 0 Å². The molecule has 0 amide bonds. The van der Waals surface area contributed by atoms with E-state index in [-0.39, 0.29) is 0 Å². The molecule has 1 aliphatic rings. The van der Waals surface area contributed by atoms with Crippen LogP contribution in [-0.4, -0.2) is 24.2 Å². The highest BCUT2D eigenvalue weighted by Gasteiger charge is 2.12. The Morgan fingerprint density at radius 2 is 2.18 bits per heavy atom. The van der Waals surface area contributed by atoms with Crippen LogP contribution in [-0.2, 0) is 4.74 Å². The van der Waals surface area contributed by atoms with E-state index >= 15 is 0 Å². The van der Waals surface area contributed by atoms with Gasteiger partial charge >= 0.3 is 0 Å². The zero-order valence-electron chi connectivity index (χ0n) is 10.2. The van der Waals surface area contributed by atoms with Crippen LogP contribution in [0.3, 0.4) is 0 Å². The summed E-state index contributed by atoms with van der Waals surface area (Å²) in [6.45, 7) is 1.52. The van der Waals surface area contributed by atoms with Crippen molar-refractivity contribution >= 4 is 11.5 Å². The van der Waals surface area contributed by atoms with Crippen molar-refractivity contribution in [1.29, 1.82) is 0 Å². The molecule has 0 atom stereocenters. The summed E-state index contributed by atoms with van der Waals surface area (Å²) >= 11 is 0. The number of hydrogen-bond donors (Lipinski definition) is 2. The summed E-state index contributed by atoms with van der Waals surface area (Å²) in [5.74, 6) is 0.817. The van der Waals surface area contributed by atoms with Gasteiger partial charge in [-0.15, -0.1) is 0 Å². The molecule has 4 heteroatoms. The zero-order valence-corrected chi connectivity index (χ0v) is 10.2. The lowest BCUT2D eigenvalue weighted by Gasteiger charge is -2.22. The summed E-state index contributed by atoms with van der Waals surface area (Å²) in [6.07, 6.45) is 8.61. The highest BCUT2D eigenvalue weighted by atomic mass is 16.5. The third-order valence-electron chi connectivity index (χ3n) is 3.10. The van der Waals surface area contributed by atoms with Crippen LogP contribution in [0.4, 0.5) is 11.5 Å². The van der Waals surface area contributed by atoms with Gasteiger partial charge in [-0.1, -0.05) is 19.3 Å². The fraction of sp³-hybridized carbons (Fsp3) is 0.615. The Kier molecular flexibility index (Phi) is 4.62. The number of anilines is 2. The number of rotatable bonds is 5. The Hall–Kier alpha value is -1.29. The maximum Gasteiger partial charge on any atom is 0.128 e. The minimum atomic E-state index is 0.472. The molecule has 0 aliphatic heterocycles. The van der Waals surface area contributed by atoms with E-state index in [9.17, 15) is 0 Å². The molecule has 1 aromatic heterocycles. The van der Waals surface area contributed by atoms with E-state index in [1.807, 2.05) is 6.07 Å². The lowest BCUT2D eigenvalue weighted by Crippen LogP contribution is -2.20. The lowest BCUT2D eigenvalue weighted by molar-refractivity contribution is 0.0347. The van der Waals surface area contributed by atoms with Gasteiger partial charge in [-0.3, -0.25) is 0 Å². The molecule has 1 aromatic rings. The van der Waals surface area contributed by atoms with E-state index < -0.39 is 0 Å². The number of nitrogen functional groups attached to an aromatic ring is 1. The van der Waals surface area contributed by atoms with Gasteiger partial charge in [-0.2, -0.15) is 0 Å². The summed E-state index contributed by atoms with van der Waals surface area (Å²) in [5, 5.41) is 3.21. The van der Waals surface area contributed by atoms with E-state index in [4.69, 9.17) is 10.5 Å². The van der Waals surface area contributed by atoms with Crippen molar-refractivity contribution in [2.45, 2.75) is 38.2 Å². The minimum Gasteiger partial charge on any atom is -0.399 e. The molecule has 1 saturated carbocycles. The van der Waals surface area contributed by atoms with Gasteiger partial charge in [0.15, 0.2) is 0 Å². The van der Waals surface area contributed by atoms with Crippen molar-refractivity contribution < 1.29 is 4.74 Å². The highest BCUT2D eigenvalue weighted by molar-refractivity contribution is 5.48. The predicted octanol–water partition coefficient (Wildman–Crippen LogP) is 2.43. The van der Waals surface area contributed by atoms with Crippen molar-refractivity contribution in [1.82, 2.24) is 4.98 Å². The first-order chi connectivity index (χ1) is 8.34. The number of ether oxygens (including phenoxy) is 1. The Labute approximate surface area is 103 Å². The molecule has 2 rings (SSSR count). The standard InChI is InChI=1S/C13H21N3O/c14-11-6-7-15-13(10-11)16-8-9-17-12-4-2-1-3-5-12/h6-7,10,12H,1-5,8-9H2,(H3,14,15,16). The van der Waals surface area contributed by atoms with Crippen molar-refractivity contribution in [3.05, 3.63) is 18.3 Å². The van der Waals surface area contributed by atoms with Gasteiger partial charge in [0.25, 0.3) is 0 Å². The van der Waals surface area contributed by atoms with Crippen LogP contribution in [0.2, 0.25) is 0 Å². The van der Waals surface area contributed by atoms with Crippen LogP contribution in [0.1, 0.15) is 32.1 Å². The van der Waals surface area contributed by atoms with E-state index in [0.717, 1.165) is 24.7 Å². The molecule has 1 fully saturated rings. The van der Waals surface area contributed by atoms with E-state index in [1.54, 1.807) is 12.3 Å². The largest absolute Gasteiger partial charge is 0.399 e. The van der Waals surface area contributed by atoms with Gasteiger partial charge in [0.1, 0.15) is 5.82 Å². The fourth-order valence-corrected chi connectivity index (χ4v) is 2.18. The van der Waals surface area contributed by atoms with Crippen LogP contribution in [0, 0.1) is 0 Å². The average molecular weight is 235 g/mol. The molecule has 94 valence electrons. The topological polar surface area (TPSA) is 60.2 Å². The molecule has 0 radical (unpaired) electrons. The first kappa shape index (κ1) is 12.2. The second-order valence-corrected chi connectivity index (χ2v) is 4.53. The third kappa shape index (κ3) is 4.23. The van der Waals surface area contributed by atoms with Crippen LogP contribution >= 0.6 is 0 Å². The average Bonchev–Trinajstić information content (AvgIpc) is 2.36. The summed E-state index contributed by atoms with van der Waals surface area (Å²) in [6, 6.07) is 3.62. The number of nitrogens with zero attached hydrogens (tertiary/aromatic N) is 1. The SMILES string of the molecule is Nc1ccnc(NCCOC2CCCCC2)c1. The minimum absolute atomic E-state index is 0.472. The normalized spacial score (nSPS) is 16.9. The number of nitrogens with one attached hydrogen (secondary N) is 1. The monoisotopic (exact) mass is 235 g/mol. The Balaban J connectivity index is 1.62. The Bertz CT molecular complexity index is 337. The van der Waals surface area contributed by atoms with Crippen molar-refractivity contribution in [3.8, 4) is 0 Å². The van der Waals surface area contributed by atoms with E-state index in [0.29, 0.717) is 6.10 Å². The Morgan fingerprint density at radius 1 is 1.35 bits per heavy atom. The molecule has 1 heterocycles. The number of nitrogens with two attached hydrogens (primary N) is 1. The van der Waals surface area contributed by atoms with Gasteiger partial charge in [-0.05, 0) is 18.9 Å². The van der Waals surface area contributed by atoms with Gasteiger partial charge < -0.3 is 15.8 Å². The molecular weight excluding hydrogens is 214 g/mol. The number of aromatic nitrogens is 1. The van der Waals surface area contributed by atoms with Crippen LogP contribution < -0.4 is 11.1 Å². The van der Waals surface area contributed by atoms with Crippen LogP contribution in [0.15, 0.2) is 18.3 Å². The summed E-state index contributed by atoms with van der Waals surface area (Å²) < 4.78 is 5.81. The van der Waals surface area contributed by atoms with Gasteiger partial charge in [0, 0.05) is 24.5 Å². The maximum absolute atomic E-state index is 5.81. The highest BCUT2D eigenvalue weighted by Crippen LogP contribution is 2.20. The first-order valence-corrected chi connectivity index (χ1v) is 6.41. The predicted molar refractivity (Wildman–Crippen MR) is 70.0 cm³/mol. The van der Waals surface area contributed by atoms with Gasteiger partial charge in [0.05, 0.1) is 12.7 Å². The van der Waals surface area contributed by atoms with Crippen LogP contribution in [0.5, 0.6) is 0 Å². The molecule has 3 N–H and O–H groups in total. The maximum atomic E-state index is 5.81. The van der Waals surface area contributed by atoms with E-state index in [1.165, 1.54) is 32.1 Å².